The molecule has 132 valence electrons. The van der Waals surface area contributed by atoms with Crippen LogP contribution in [0.4, 0.5) is 10.2 Å². The van der Waals surface area contributed by atoms with Crippen LogP contribution in [0.1, 0.15) is 6.92 Å². The van der Waals surface area contributed by atoms with Crippen LogP contribution in [-0.4, -0.2) is 54.1 Å². The Bertz CT molecular complexity index is 867. The fourth-order valence-electron chi connectivity index (χ4n) is 2.74. The predicted molar refractivity (Wildman–Crippen MR) is 93.4 cm³/mol. The maximum absolute atomic E-state index is 15.2. The lowest BCUT2D eigenvalue weighted by molar-refractivity contribution is 0.205. The number of aromatic amines is 1. The summed E-state index contributed by atoms with van der Waals surface area (Å²) in [5.74, 6) is 0.238. The first-order valence-corrected chi connectivity index (χ1v) is 7.97. The second kappa shape index (κ2) is 7.43. The number of pyridine rings is 2. The van der Waals surface area contributed by atoms with E-state index < -0.39 is 5.82 Å². The summed E-state index contributed by atoms with van der Waals surface area (Å²) in [6, 6.07) is 3.37. The molecule has 3 aromatic heterocycles. The molecule has 3 aromatic rings. The highest BCUT2D eigenvalue weighted by atomic mass is 19.1. The fourth-order valence-corrected chi connectivity index (χ4v) is 2.74. The first-order chi connectivity index (χ1) is 12.2. The quantitative estimate of drug-likeness (QED) is 0.709. The van der Waals surface area contributed by atoms with Gasteiger partial charge in [0.2, 0.25) is 5.88 Å². The standard InChI is InChI=1S/C17H20FN5O2/c1-4-23(9-10-24-2)16-14(18)11(5-7-19-16)15-13-12(21-22-15)6-8-20-17(13)25-3/h5-8H,4,9-10H2,1-3H3,(H,21,22). The molecule has 3 rings (SSSR count). The van der Waals surface area contributed by atoms with Gasteiger partial charge in [0.25, 0.3) is 0 Å². The zero-order valence-electron chi connectivity index (χ0n) is 14.4. The van der Waals surface area contributed by atoms with Crippen LogP contribution < -0.4 is 9.64 Å². The number of nitrogens with zero attached hydrogens (tertiary/aromatic N) is 4. The van der Waals surface area contributed by atoms with Crippen molar-refractivity contribution in [3.05, 3.63) is 30.3 Å². The number of aromatic nitrogens is 4. The smallest absolute Gasteiger partial charge is 0.224 e. The number of fused-ring (bicyclic) bond motifs is 1. The molecule has 0 fully saturated rings. The van der Waals surface area contributed by atoms with Gasteiger partial charge < -0.3 is 14.4 Å². The number of nitrogens with one attached hydrogen (secondary N) is 1. The molecule has 0 saturated carbocycles. The van der Waals surface area contributed by atoms with Crippen LogP contribution in [0, 0.1) is 5.82 Å². The minimum atomic E-state index is -0.431. The highest BCUT2D eigenvalue weighted by Gasteiger charge is 2.21. The lowest BCUT2D eigenvalue weighted by Crippen LogP contribution is -2.28. The van der Waals surface area contributed by atoms with Crippen LogP contribution in [-0.2, 0) is 4.74 Å². The van der Waals surface area contributed by atoms with E-state index in [1.165, 1.54) is 7.11 Å². The average molecular weight is 345 g/mol. The van der Waals surface area contributed by atoms with E-state index >= 15 is 4.39 Å². The number of ether oxygens (including phenoxy) is 2. The number of hydrogen-bond acceptors (Lipinski definition) is 6. The van der Waals surface area contributed by atoms with Crippen LogP contribution in [0.3, 0.4) is 0 Å². The Balaban J connectivity index is 2.11. The van der Waals surface area contributed by atoms with Crippen molar-refractivity contribution < 1.29 is 13.9 Å². The van der Waals surface area contributed by atoms with Crippen LogP contribution in [0.15, 0.2) is 24.5 Å². The molecule has 3 heterocycles. The van der Waals surface area contributed by atoms with E-state index in [9.17, 15) is 0 Å². The number of rotatable bonds is 7. The molecular formula is C17H20FN5O2. The van der Waals surface area contributed by atoms with Crippen molar-refractivity contribution in [2.45, 2.75) is 6.92 Å². The van der Waals surface area contributed by atoms with Crippen molar-refractivity contribution in [1.82, 2.24) is 20.2 Å². The maximum Gasteiger partial charge on any atom is 0.224 e. The van der Waals surface area contributed by atoms with E-state index in [1.54, 1.807) is 31.6 Å². The molecule has 0 saturated heterocycles. The number of anilines is 1. The van der Waals surface area contributed by atoms with Gasteiger partial charge in [0.1, 0.15) is 5.69 Å². The highest BCUT2D eigenvalue weighted by Crippen LogP contribution is 2.35. The van der Waals surface area contributed by atoms with E-state index in [0.717, 1.165) is 5.52 Å². The van der Waals surface area contributed by atoms with Crippen LogP contribution in [0.5, 0.6) is 5.88 Å². The van der Waals surface area contributed by atoms with Crippen molar-refractivity contribution in [2.24, 2.45) is 0 Å². The van der Waals surface area contributed by atoms with E-state index in [-0.39, 0.29) is 5.82 Å². The molecule has 0 aliphatic carbocycles. The highest BCUT2D eigenvalue weighted by molar-refractivity contribution is 5.96. The van der Waals surface area contributed by atoms with E-state index in [0.29, 0.717) is 42.2 Å². The molecular weight excluding hydrogens is 325 g/mol. The molecule has 8 heteroatoms. The summed E-state index contributed by atoms with van der Waals surface area (Å²) in [7, 11) is 3.14. The summed E-state index contributed by atoms with van der Waals surface area (Å²) in [6.45, 7) is 3.60. The van der Waals surface area contributed by atoms with Crippen LogP contribution in [0.25, 0.3) is 22.2 Å². The Morgan fingerprint density at radius 1 is 1.20 bits per heavy atom. The maximum atomic E-state index is 15.2. The number of H-pyrrole nitrogens is 1. The topological polar surface area (TPSA) is 76.2 Å². The second-order valence-electron chi connectivity index (χ2n) is 5.38. The van der Waals surface area contributed by atoms with Crippen LogP contribution >= 0.6 is 0 Å². The van der Waals surface area contributed by atoms with Gasteiger partial charge in [-0.15, -0.1) is 0 Å². The van der Waals surface area contributed by atoms with Gasteiger partial charge in [-0.2, -0.15) is 5.10 Å². The third-order valence-electron chi connectivity index (χ3n) is 4.01. The molecule has 0 bridgehead atoms. The second-order valence-corrected chi connectivity index (χ2v) is 5.38. The molecule has 0 spiro atoms. The molecule has 1 N–H and O–H groups in total. The predicted octanol–water partition coefficient (Wildman–Crippen LogP) is 2.64. The number of hydrogen-bond donors (Lipinski definition) is 1. The molecule has 25 heavy (non-hydrogen) atoms. The summed E-state index contributed by atoms with van der Waals surface area (Å²) >= 11 is 0. The Labute approximate surface area is 144 Å². The van der Waals surface area contributed by atoms with Gasteiger partial charge in [0.15, 0.2) is 11.6 Å². The molecule has 0 aliphatic heterocycles. The van der Waals surface area contributed by atoms with Crippen molar-refractivity contribution >= 4 is 16.7 Å². The van der Waals surface area contributed by atoms with Crippen molar-refractivity contribution in [2.75, 3.05) is 38.8 Å². The first-order valence-electron chi connectivity index (χ1n) is 7.97. The number of likely N-dealkylation sites (N-methyl/N-ethyl adjacent to an activating group) is 1. The molecule has 0 atom stereocenters. The number of halogens is 1. The van der Waals surface area contributed by atoms with Gasteiger partial charge in [-0.3, -0.25) is 5.10 Å². The van der Waals surface area contributed by atoms with E-state index in [4.69, 9.17) is 9.47 Å². The molecule has 0 unspecified atom stereocenters. The van der Waals surface area contributed by atoms with Crippen molar-refractivity contribution in [1.29, 1.82) is 0 Å². The van der Waals surface area contributed by atoms with E-state index in [2.05, 4.69) is 20.2 Å². The Kier molecular flexibility index (Phi) is 5.08. The van der Waals surface area contributed by atoms with Crippen molar-refractivity contribution in [3.8, 4) is 17.1 Å². The van der Waals surface area contributed by atoms with Gasteiger partial charge in [-0.1, -0.05) is 0 Å². The number of methoxy groups -OCH3 is 2. The SMILES string of the molecule is CCN(CCOC)c1nccc(-c2n[nH]c3ccnc(OC)c23)c1F. The van der Waals surface area contributed by atoms with Gasteiger partial charge in [-0.25, -0.2) is 14.4 Å². The van der Waals surface area contributed by atoms with Gasteiger partial charge in [-0.05, 0) is 19.1 Å². The minimum Gasteiger partial charge on any atom is -0.480 e. The summed E-state index contributed by atoms with van der Waals surface area (Å²) in [5, 5.41) is 7.80. The lowest BCUT2D eigenvalue weighted by Gasteiger charge is -2.22. The zero-order valence-corrected chi connectivity index (χ0v) is 14.4. The van der Waals surface area contributed by atoms with Crippen molar-refractivity contribution in [3.63, 3.8) is 0 Å². The van der Waals surface area contributed by atoms with E-state index in [1.807, 2.05) is 11.8 Å². The summed E-state index contributed by atoms with van der Waals surface area (Å²) < 4.78 is 25.6. The normalized spacial score (nSPS) is 11.0. The van der Waals surface area contributed by atoms with Crippen LogP contribution in [0.2, 0.25) is 0 Å². The lowest BCUT2D eigenvalue weighted by atomic mass is 10.1. The van der Waals surface area contributed by atoms with Gasteiger partial charge >= 0.3 is 0 Å². The molecule has 0 amide bonds. The molecule has 0 radical (unpaired) electrons. The largest absolute Gasteiger partial charge is 0.480 e. The average Bonchev–Trinajstić information content (AvgIpc) is 3.07. The molecule has 7 nitrogen and oxygen atoms in total. The van der Waals surface area contributed by atoms with Gasteiger partial charge in [0, 0.05) is 38.2 Å². The van der Waals surface area contributed by atoms with Gasteiger partial charge in [0.05, 0.1) is 24.6 Å². The summed E-state index contributed by atoms with van der Waals surface area (Å²) in [4.78, 5) is 10.2. The fraction of sp³-hybridized carbons (Fsp3) is 0.353. The Hall–Kier alpha value is -2.74. The molecule has 0 aromatic carbocycles. The monoisotopic (exact) mass is 345 g/mol. The summed E-state index contributed by atoms with van der Waals surface area (Å²) in [5.41, 5.74) is 1.52. The Morgan fingerprint density at radius 3 is 2.72 bits per heavy atom. The minimum absolute atomic E-state index is 0.274. The third-order valence-corrected chi connectivity index (χ3v) is 4.01. The summed E-state index contributed by atoms with van der Waals surface area (Å²) in [6.07, 6.45) is 3.19. The molecule has 0 aliphatic rings. The third kappa shape index (κ3) is 3.12. The first kappa shape index (κ1) is 17.1. The zero-order chi connectivity index (χ0) is 17.8. The Morgan fingerprint density at radius 2 is 2.00 bits per heavy atom.